The van der Waals surface area contributed by atoms with Gasteiger partial charge in [-0.3, -0.25) is 9.36 Å². The number of benzene rings is 2. The minimum Gasteiger partial charge on any atom is -0.497 e. The molecular weight excluding hydrogens is 533 g/mol. The molecule has 41 heavy (non-hydrogen) atoms. The molecule has 1 fully saturated rings. The summed E-state index contributed by atoms with van der Waals surface area (Å²) in [5.74, 6) is -0.161. The average Bonchev–Trinajstić information content (AvgIpc) is 3.47. The Balaban J connectivity index is 1.42. The first-order valence-electron chi connectivity index (χ1n) is 12.9. The van der Waals surface area contributed by atoms with E-state index in [2.05, 4.69) is 20.3 Å². The smallest absolute Gasteiger partial charge is 0.338 e. The average molecular weight is 564 g/mol. The molecular formula is C29H30FN5O6. The summed E-state index contributed by atoms with van der Waals surface area (Å²) < 4.78 is 40.6. The van der Waals surface area contributed by atoms with E-state index in [0.29, 0.717) is 29.1 Å². The van der Waals surface area contributed by atoms with Crippen LogP contribution in [0.2, 0.25) is 0 Å². The third-order valence-corrected chi connectivity index (χ3v) is 7.28. The van der Waals surface area contributed by atoms with E-state index in [1.807, 2.05) is 24.3 Å². The highest BCUT2D eigenvalue weighted by Crippen LogP contribution is 2.51. The van der Waals surface area contributed by atoms with Crippen LogP contribution in [0.3, 0.4) is 0 Å². The number of halogens is 1. The number of anilines is 1. The lowest BCUT2D eigenvalue weighted by atomic mass is 9.84. The third kappa shape index (κ3) is 5.30. The largest absolute Gasteiger partial charge is 0.497 e. The summed E-state index contributed by atoms with van der Waals surface area (Å²) in [6, 6.07) is 15.9. The number of nitrogens with one attached hydrogen (secondary N) is 1. The van der Waals surface area contributed by atoms with Gasteiger partial charge < -0.3 is 24.3 Å². The Morgan fingerprint density at radius 2 is 1.88 bits per heavy atom. The minimum absolute atomic E-state index is 0.300. The number of fused-ring (bicyclic) bond motifs is 1. The Hall–Kier alpha value is -4.58. The quantitative estimate of drug-likeness (QED) is 0.295. The van der Waals surface area contributed by atoms with Gasteiger partial charge in [0.1, 0.15) is 24.8 Å². The molecule has 1 saturated heterocycles. The molecule has 0 spiro atoms. The molecule has 11 nitrogen and oxygen atoms in total. The maximum atomic E-state index is 16.8. The van der Waals surface area contributed by atoms with E-state index in [0.717, 1.165) is 11.3 Å². The Morgan fingerprint density at radius 3 is 2.61 bits per heavy atom. The molecule has 1 N–H and O–H groups in total. The van der Waals surface area contributed by atoms with Gasteiger partial charge in [-0.1, -0.05) is 30.3 Å². The number of esters is 2. The number of methoxy groups -OCH3 is 1. The van der Waals surface area contributed by atoms with Crippen LogP contribution in [0.5, 0.6) is 5.75 Å². The number of hydrogen-bond donors (Lipinski definition) is 1. The van der Waals surface area contributed by atoms with Crippen molar-refractivity contribution in [1.29, 1.82) is 0 Å². The number of ether oxygens (including phenoxy) is 4. The zero-order valence-electron chi connectivity index (χ0n) is 23.0. The van der Waals surface area contributed by atoms with Crippen molar-refractivity contribution in [2.75, 3.05) is 19.0 Å². The summed E-state index contributed by atoms with van der Waals surface area (Å²) in [6.45, 7) is 3.94. The Kier molecular flexibility index (Phi) is 7.59. The zero-order valence-corrected chi connectivity index (χ0v) is 23.0. The van der Waals surface area contributed by atoms with Gasteiger partial charge in [-0.15, -0.1) is 0 Å². The number of alkyl halides is 1. The Labute approximate surface area is 235 Å². The molecule has 2 aromatic carbocycles. The summed E-state index contributed by atoms with van der Waals surface area (Å²) in [5.41, 5.74) is -2.12. The lowest BCUT2D eigenvalue weighted by Gasteiger charge is -2.36. The normalized spacial score (nSPS) is 23.7. The maximum absolute atomic E-state index is 16.8. The van der Waals surface area contributed by atoms with Gasteiger partial charge in [0.15, 0.2) is 34.5 Å². The predicted molar refractivity (Wildman–Crippen MR) is 146 cm³/mol. The first kappa shape index (κ1) is 28.0. The summed E-state index contributed by atoms with van der Waals surface area (Å²) in [7, 11) is 1.60. The fourth-order valence-corrected chi connectivity index (χ4v) is 4.89. The number of hydrogen-bond acceptors (Lipinski definition) is 10. The monoisotopic (exact) mass is 563 g/mol. The summed E-state index contributed by atoms with van der Waals surface area (Å²) in [6.07, 6.45) is 0.275. The minimum atomic E-state index is -2.28. The second-order valence-electron chi connectivity index (χ2n) is 9.97. The standard InChI is InChI=1S/C29H30FN5O6/c1-18(36)41-29(3)22(15-39-26(37)20-10-6-5-7-11-20)40-27(28(29,2)30)35-17-34-23-24(32-16-33-25(23)35)31-14-19-9-8-12-21(13-19)38-4/h5-13,16-17,22,27H,14-15H2,1-4H3,(H,31,32,33)/t22-,27+,28+,29-/m1/s1. The van der Waals surface area contributed by atoms with Crippen molar-refractivity contribution in [3.63, 3.8) is 0 Å². The predicted octanol–water partition coefficient (Wildman–Crippen LogP) is 4.25. The summed E-state index contributed by atoms with van der Waals surface area (Å²) in [5, 5.41) is 3.24. The molecule has 5 rings (SSSR count). The van der Waals surface area contributed by atoms with Gasteiger partial charge in [-0.2, -0.15) is 0 Å². The molecule has 0 radical (unpaired) electrons. The number of carbonyl (C=O) groups excluding carboxylic acids is 2. The number of aromatic nitrogens is 4. The van der Waals surface area contributed by atoms with Gasteiger partial charge in [0.05, 0.1) is 19.0 Å². The molecule has 214 valence electrons. The number of imidazole rings is 1. The van der Waals surface area contributed by atoms with Gasteiger partial charge >= 0.3 is 11.9 Å². The maximum Gasteiger partial charge on any atom is 0.338 e. The van der Waals surface area contributed by atoms with Gasteiger partial charge in [0, 0.05) is 13.5 Å². The van der Waals surface area contributed by atoms with Crippen molar-refractivity contribution in [2.24, 2.45) is 0 Å². The second-order valence-corrected chi connectivity index (χ2v) is 9.97. The van der Waals surface area contributed by atoms with Gasteiger partial charge in [-0.05, 0) is 43.7 Å². The molecule has 0 amide bonds. The molecule has 3 heterocycles. The molecule has 4 atom stereocenters. The summed E-state index contributed by atoms with van der Waals surface area (Å²) >= 11 is 0. The molecule has 0 unspecified atom stereocenters. The lowest BCUT2D eigenvalue weighted by Crippen LogP contribution is -2.55. The lowest BCUT2D eigenvalue weighted by molar-refractivity contribution is -0.175. The highest BCUT2D eigenvalue weighted by molar-refractivity contribution is 5.89. The topological polar surface area (TPSA) is 127 Å². The first-order chi connectivity index (χ1) is 19.6. The molecule has 4 aromatic rings. The van der Waals surface area contributed by atoms with E-state index in [1.54, 1.807) is 37.4 Å². The van der Waals surface area contributed by atoms with Crippen molar-refractivity contribution in [3.05, 3.63) is 78.4 Å². The van der Waals surface area contributed by atoms with E-state index in [9.17, 15) is 9.59 Å². The van der Waals surface area contributed by atoms with Crippen LogP contribution < -0.4 is 10.1 Å². The van der Waals surface area contributed by atoms with Crippen molar-refractivity contribution < 1.29 is 32.9 Å². The van der Waals surface area contributed by atoms with E-state index >= 15 is 4.39 Å². The zero-order chi connectivity index (χ0) is 29.2. The fourth-order valence-electron chi connectivity index (χ4n) is 4.89. The fraction of sp³-hybridized carbons (Fsp3) is 0.345. The van der Waals surface area contributed by atoms with Crippen LogP contribution in [-0.2, 0) is 25.5 Å². The van der Waals surface area contributed by atoms with Crippen molar-refractivity contribution >= 4 is 28.9 Å². The molecule has 1 aliphatic heterocycles. The highest BCUT2D eigenvalue weighted by Gasteiger charge is 2.66. The van der Waals surface area contributed by atoms with Gasteiger partial charge in [-0.25, -0.2) is 24.1 Å². The van der Waals surface area contributed by atoms with Crippen LogP contribution in [0.25, 0.3) is 11.2 Å². The van der Waals surface area contributed by atoms with Gasteiger partial charge in [0.2, 0.25) is 0 Å². The summed E-state index contributed by atoms with van der Waals surface area (Å²) in [4.78, 5) is 37.7. The Morgan fingerprint density at radius 1 is 1.10 bits per heavy atom. The van der Waals surface area contributed by atoms with E-state index in [1.165, 1.54) is 38.0 Å². The van der Waals surface area contributed by atoms with Crippen LogP contribution in [0.1, 0.15) is 42.9 Å². The third-order valence-electron chi connectivity index (χ3n) is 7.28. The van der Waals surface area contributed by atoms with E-state index in [-0.39, 0.29) is 6.61 Å². The first-order valence-corrected chi connectivity index (χ1v) is 12.9. The van der Waals surface area contributed by atoms with Crippen LogP contribution >= 0.6 is 0 Å². The molecule has 2 aromatic heterocycles. The molecule has 0 aliphatic carbocycles. The number of rotatable bonds is 9. The number of carbonyl (C=O) groups is 2. The highest BCUT2D eigenvalue weighted by atomic mass is 19.1. The SMILES string of the molecule is COc1cccc(CNc2ncnc3c2ncn3[C@H]2O[C@H](COC(=O)c3ccccc3)[C@@](C)(OC(C)=O)[C@@]2(C)F)c1. The molecule has 1 aliphatic rings. The second kappa shape index (κ2) is 11.1. The molecule has 0 saturated carbocycles. The molecule has 12 heteroatoms. The van der Waals surface area contributed by atoms with Crippen molar-refractivity contribution in [1.82, 2.24) is 19.5 Å². The van der Waals surface area contributed by atoms with Crippen LogP contribution in [0, 0.1) is 0 Å². The Bertz CT molecular complexity index is 1560. The van der Waals surface area contributed by atoms with Crippen molar-refractivity contribution in [3.8, 4) is 5.75 Å². The van der Waals surface area contributed by atoms with Crippen LogP contribution in [-0.4, -0.2) is 62.5 Å². The van der Waals surface area contributed by atoms with Crippen molar-refractivity contribution in [2.45, 2.75) is 50.9 Å². The van der Waals surface area contributed by atoms with E-state index < -0.39 is 35.5 Å². The van der Waals surface area contributed by atoms with Gasteiger partial charge in [0.25, 0.3) is 0 Å². The molecule has 0 bridgehead atoms. The number of nitrogens with zero attached hydrogens (tertiary/aromatic N) is 4. The van der Waals surface area contributed by atoms with Crippen LogP contribution in [0.15, 0.2) is 67.3 Å². The van der Waals surface area contributed by atoms with E-state index in [4.69, 9.17) is 18.9 Å². The van der Waals surface area contributed by atoms with Crippen LogP contribution in [0.4, 0.5) is 10.2 Å².